The zero-order valence-corrected chi connectivity index (χ0v) is 13.1. The van der Waals surface area contributed by atoms with Crippen LogP contribution in [0.5, 0.6) is 0 Å². The summed E-state index contributed by atoms with van der Waals surface area (Å²) in [6.07, 6.45) is 0. The predicted molar refractivity (Wildman–Crippen MR) is 84.0 cm³/mol. The monoisotopic (exact) mass is 352 g/mol. The maximum atomic E-state index is 10.6. The highest BCUT2D eigenvalue weighted by Crippen LogP contribution is 2.35. The zero-order valence-electron chi connectivity index (χ0n) is 10.7. The molecule has 0 saturated carbocycles. The largest absolute Gasteiger partial charge is 0.324 e. The third-order valence-corrected chi connectivity index (χ3v) is 4.32. The lowest BCUT2D eigenvalue weighted by Crippen LogP contribution is -2.06. The van der Waals surface area contributed by atoms with E-state index in [1.165, 1.54) is 12.1 Å². The number of nitrogens with two attached hydrogens (primary N) is 1. The Morgan fingerprint density at radius 1 is 1.25 bits per heavy atom. The Labute approximate surface area is 129 Å². The molecule has 0 aromatic heterocycles. The smallest absolute Gasteiger partial charge is 0.269 e. The van der Waals surface area contributed by atoms with E-state index in [9.17, 15) is 10.1 Å². The van der Waals surface area contributed by atoms with Crippen molar-refractivity contribution in [2.75, 3.05) is 0 Å². The molecule has 0 aliphatic heterocycles. The minimum atomic E-state index is -0.402. The van der Waals surface area contributed by atoms with Crippen LogP contribution in [0.3, 0.4) is 0 Å². The minimum absolute atomic E-state index is 0.0661. The van der Waals surface area contributed by atoms with Gasteiger partial charge in [0.15, 0.2) is 0 Å². The average molecular weight is 353 g/mol. The van der Waals surface area contributed by atoms with Crippen LogP contribution in [-0.4, -0.2) is 4.92 Å². The fraction of sp³-hybridized carbons (Fsp3) is 0.143. The molecule has 1 unspecified atom stereocenters. The molecule has 0 saturated heterocycles. The second-order valence-corrected chi connectivity index (χ2v) is 6.35. The first kappa shape index (κ1) is 15.0. The van der Waals surface area contributed by atoms with Crippen molar-refractivity contribution in [2.24, 2.45) is 5.73 Å². The number of benzene rings is 2. The van der Waals surface area contributed by atoms with Gasteiger partial charge >= 0.3 is 0 Å². The van der Waals surface area contributed by atoms with E-state index in [0.717, 1.165) is 19.8 Å². The molecular weight excluding hydrogens is 340 g/mol. The molecule has 2 rings (SSSR count). The molecule has 2 aromatic rings. The Morgan fingerprint density at radius 2 is 1.90 bits per heavy atom. The summed E-state index contributed by atoms with van der Waals surface area (Å²) >= 11 is 4.99. The Hall–Kier alpha value is -1.37. The van der Waals surface area contributed by atoms with Crippen molar-refractivity contribution in [1.82, 2.24) is 0 Å². The number of halogens is 1. The third-order valence-electron chi connectivity index (χ3n) is 2.74. The lowest BCUT2D eigenvalue weighted by atomic mass is 10.1. The first-order chi connectivity index (χ1) is 9.47. The summed E-state index contributed by atoms with van der Waals surface area (Å²) in [4.78, 5) is 12.2. The Morgan fingerprint density at radius 3 is 2.45 bits per heavy atom. The van der Waals surface area contributed by atoms with Crippen LogP contribution in [0.15, 0.2) is 56.7 Å². The Bertz CT molecular complexity index is 630. The van der Waals surface area contributed by atoms with Crippen molar-refractivity contribution in [1.29, 1.82) is 0 Å². The molecule has 2 N–H and O–H groups in total. The highest BCUT2D eigenvalue weighted by atomic mass is 79.9. The van der Waals surface area contributed by atoms with Crippen LogP contribution in [0.25, 0.3) is 0 Å². The van der Waals surface area contributed by atoms with Gasteiger partial charge in [0.2, 0.25) is 0 Å². The van der Waals surface area contributed by atoms with Gasteiger partial charge in [0.05, 0.1) is 4.92 Å². The number of nitro benzene ring substituents is 1. The zero-order chi connectivity index (χ0) is 14.7. The number of rotatable bonds is 4. The van der Waals surface area contributed by atoms with Crippen LogP contribution in [0.4, 0.5) is 5.69 Å². The Balaban J connectivity index is 2.29. The van der Waals surface area contributed by atoms with E-state index in [1.54, 1.807) is 23.9 Å². The second kappa shape index (κ2) is 6.39. The molecule has 0 amide bonds. The molecule has 0 heterocycles. The highest BCUT2D eigenvalue weighted by Gasteiger charge is 2.10. The number of nitro groups is 1. The maximum Gasteiger partial charge on any atom is 0.269 e. The van der Waals surface area contributed by atoms with E-state index in [4.69, 9.17) is 5.73 Å². The van der Waals surface area contributed by atoms with E-state index in [-0.39, 0.29) is 11.7 Å². The quantitative estimate of drug-likeness (QED) is 0.648. The van der Waals surface area contributed by atoms with Crippen LogP contribution in [0.1, 0.15) is 18.5 Å². The first-order valence-corrected chi connectivity index (χ1v) is 7.55. The maximum absolute atomic E-state index is 10.6. The SMILES string of the molecule is CC(N)c1ccc(Br)cc1Sc1ccc([N+](=O)[O-])cc1. The van der Waals surface area contributed by atoms with Crippen LogP contribution in [0.2, 0.25) is 0 Å². The molecule has 20 heavy (non-hydrogen) atoms. The van der Waals surface area contributed by atoms with E-state index >= 15 is 0 Å². The van der Waals surface area contributed by atoms with Crippen LogP contribution in [-0.2, 0) is 0 Å². The standard InChI is InChI=1S/C14H13BrN2O2S/c1-9(16)13-7-2-10(15)8-14(13)20-12-5-3-11(4-6-12)17(18)19/h2-9H,16H2,1H3. The second-order valence-electron chi connectivity index (χ2n) is 4.32. The van der Waals surface area contributed by atoms with Gasteiger partial charge in [-0.05, 0) is 36.8 Å². The van der Waals surface area contributed by atoms with Gasteiger partial charge in [-0.1, -0.05) is 33.8 Å². The summed E-state index contributed by atoms with van der Waals surface area (Å²) < 4.78 is 0.978. The first-order valence-electron chi connectivity index (χ1n) is 5.94. The summed E-state index contributed by atoms with van der Waals surface area (Å²) in [5, 5.41) is 10.6. The fourth-order valence-corrected chi connectivity index (χ4v) is 3.33. The topological polar surface area (TPSA) is 69.2 Å². The van der Waals surface area contributed by atoms with Gasteiger partial charge in [-0.2, -0.15) is 0 Å². The van der Waals surface area contributed by atoms with Gasteiger partial charge in [0, 0.05) is 32.4 Å². The van der Waals surface area contributed by atoms with Crippen LogP contribution < -0.4 is 5.73 Å². The molecule has 2 aromatic carbocycles. The molecule has 6 heteroatoms. The molecule has 4 nitrogen and oxygen atoms in total. The van der Waals surface area contributed by atoms with Crippen LogP contribution >= 0.6 is 27.7 Å². The van der Waals surface area contributed by atoms with Gasteiger partial charge in [-0.25, -0.2) is 0 Å². The molecule has 1 atom stereocenters. The average Bonchev–Trinajstić information content (AvgIpc) is 2.39. The van der Waals surface area contributed by atoms with Crippen molar-refractivity contribution < 1.29 is 4.92 Å². The molecule has 0 aliphatic carbocycles. The summed E-state index contributed by atoms with van der Waals surface area (Å²) in [6.45, 7) is 1.93. The van der Waals surface area contributed by atoms with E-state index in [0.29, 0.717) is 0 Å². The highest BCUT2D eigenvalue weighted by molar-refractivity contribution is 9.10. The van der Waals surface area contributed by atoms with Gasteiger partial charge < -0.3 is 5.73 Å². The summed E-state index contributed by atoms with van der Waals surface area (Å²) in [6, 6.07) is 12.4. The van der Waals surface area contributed by atoms with E-state index in [2.05, 4.69) is 15.9 Å². The lowest BCUT2D eigenvalue weighted by Gasteiger charge is -2.12. The van der Waals surface area contributed by atoms with Crippen molar-refractivity contribution in [2.45, 2.75) is 22.8 Å². The van der Waals surface area contributed by atoms with E-state index in [1.807, 2.05) is 25.1 Å². The molecule has 0 spiro atoms. The molecule has 0 radical (unpaired) electrons. The summed E-state index contributed by atoms with van der Waals surface area (Å²) in [7, 11) is 0. The third kappa shape index (κ3) is 3.59. The molecule has 0 bridgehead atoms. The van der Waals surface area contributed by atoms with Gasteiger partial charge in [-0.15, -0.1) is 0 Å². The van der Waals surface area contributed by atoms with Crippen LogP contribution in [0, 0.1) is 10.1 Å². The molecule has 0 fully saturated rings. The normalized spacial score (nSPS) is 12.2. The number of nitrogens with zero attached hydrogens (tertiary/aromatic N) is 1. The van der Waals surface area contributed by atoms with Gasteiger partial charge in [0.25, 0.3) is 5.69 Å². The van der Waals surface area contributed by atoms with Gasteiger partial charge in [0.1, 0.15) is 0 Å². The fourth-order valence-electron chi connectivity index (χ4n) is 1.74. The minimum Gasteiger partial charge on any atom is -0.324 e. The number of non-ortho nitro benzene ring substituents is 1. The number of hydrogen-bond acceptors (Lipinski definition) is 4. The van der Waals surface area contributed by atoms with Crippen molar-refractivity contribution in [3.63, 3.8) is 0 Å². The predicted octanol–water partition coefficient (Wildman–Crippen LogP) is 4.53. The molecule has 104 valence electrons. The summed E-state index contributed by atoms with van der Waals surface area (Å²) in [5.74, 6) is 0. The molecule has 0 aliphatic rings. The van der Waals surface area contributed by atoms with Crippen molar-refractivity contribution in [3.8, 4) is 0 Å². The van der Waals surface area contributed by atoms with Crippen molar-refractivity contribution >= 4 is 33.4 Å². The van der Waals surface area contributed by atoms with E-state index < -0.39 is 4.92 Å². The molecular formula is C14H13BrN2O2S. The Kier molecular flexibility index (Phi) is 4.80. The lowest BCUT2D eigenvalue weighted by molar-refractivity contribution is -0.384. The van der Waals surface area contributed by atoms with Gasteiger partial charge in [-0.3, -0.25) is 10.1 Å². The number of hydrogen-bond donors (Lipinski definition) is 1. The summed E-state index contributed by atoms with van der Waals surface area (Å²) in [5.41, 5.74) is 7.11. The van der Waals surface area contributed by atoms with Crippen molar-refractivity contribution in [3.05, 3.63) is 62.6 Å².